The van der Waals surface area contributed by atoms with Crippen LogP contribution in [0.1, 0.15) is 323 Å². The Bertz CT molecular complexity index is 1740. The molecule has 0 radical (unpaired) electrons. The van der Waals surface area contributed by atoms with Crippen LogP contribution in [0.3, 0.4) is 0 Å². The zero-order chi connectivity index (χ0) is 87.6. The highest BCUT2D eigenvalue weighted by molar-refractivity contribution is 4.51. The molecule has 0 bridgehead atoms. The van der Waals surface area contributed by atoms with Crippen LogP contribution in [-0.2, 0) is 37.9 Å². The van der Waals surface area contributed by atoms with Gasteiger partial charge in [0.25, 0.3) is 0 Å². The monoisotopic (exact) mass is 1620 g/mol. The van der Waals surface area contributed by atoms with Crippen molar-refractivity contribution in [2.45, 2.75) is 348 Å². The number of quaternary nitrogens is 8. The summed E-state index contributed by atoms with van der Waals surface area (Å²) in [6.45, 7) is 110. The van der Waals surface area contributed by atoms with Crippen LogP contribution < -0.4 is 0 Å². The highest BCUT2D eigenvalue weighted by Crippen LogP contribution is 2.16. The summed E-state index contributed by atoms with van der Waals surface area (Å²) in [7, 11) is 13.1. The molecule has 0 aliphatic heterocycles. The fourth-order valence-electron chi connectivity index (χ4n) is 13.9. The van der Waals surface area contributed by atoms with Gasteiger partial charge in [-0.05, 0) is 202 Å². The maximum atomic E-state index is 5.74. The molecule has 0 aromatic rings. The molecule has 0 aromatic heterocycles. The topological polar surface area (TPSA) is 73.8 Å². The van der Waals surface area contributed by atoms with E-state index < -0.39 is 0 Å². The lowest BCUT2D eigenvalue weighted by Gasteiger charge is -2.38. The number of ether oxygens (including phenoxy) is 8. The van der Waals surface area contributed by atoms with Crippen LogP contribution in [0.2, 0.25) is 0 Å². The molecule has 0 heterocycles. The van der Waals surface area contributed by atoms with Gasteiger partial charge in [-0.25, -0.2) is 0 Å². The van der Waals surface area contributed by atoms with Crippen LogP contribution in [0.4, 0.5) is 0 Å². The van der Waals surface area contributed by atoms with Crippen molar-refractivity contribution in [2.24, 2.45) is 0 Å². The molecule has 0 aromatic carbocycles. The zero-order valence-corrected chi connectivity index (χ0v) is 84.8. The van der Waals surface area contributed by atoms with E-state index in [0.717, 1.165) is 108 Å². The van der Waals surface area contributed by atoms with Gasteiger partial charge < -0.3 is 73.8 Å². The van der Waals surface area contributed by atoms with Gasteiger partial charge in [-0.3, -0.25) is 0 Å². The Labute approximate surface area is 709 Å². The first-order valence-corrected chi connectivity index (χ1v) is 48.5. The molecule has 0 aliphatic carbocycles. The van der Waals surface area contributed by atoms with Crippen LogP contribution >= 0.6 is 0 Å². The smallest absolute Gasteiger partial charge is 0.102 e. The summed E-state index contributed by atoms with van der Waals surface area (Å²) in [5, 5.41) is 0. The van der Waals surface area contributed by atoms with Gasteiger partial charge in [0, 0.05) is 26.4 Å². The van der Waals surface area contributed by atoms with Crippen molar-refractivity contribution in [1.82, 2.24) is 0 Å². The largest absolute Gasteiger partial charge is 0.376 e. The number of hydrogen-bond acceptors (Lipinski definition) is 8. The lowest BCUT2D eigenvalue weighted by Crippen LogP contribution is -2.51. The van der Waals surface area contributed by atoms with E-state index in [0.29, 0.717) is 24.4 Å². The first-order valence-electron chi connectivity index (χ1n) is 48.5. The average molecular weight is 1620 g/mol. The maximum Gasteiger partial charge on any atom is 0.102 e. The van der Waals surface area contributed by atoms with Gasteiger partial charge in [-0.2, -0.15) is 0 Å². The Hall–Kier alpha value is -0.640. The summed E-state index contributed by atoms with van der Waals surface area (Å²) in [6.07, 6.45) is 24.2. The Morgan fingerprint density at radius 3 is 0.500 bits per heavy atom. The maximum absolute atomic E-state index is 5.74. The highest BCUT2D eigenvalue weighted by atomic mass is 16.5. The molecule has 0 rings (SSSR count). The van der Waals surface area contributed by atoms with Gasteiger partial charge in [0.05, 0.1) is 237 Å². The van der Waals surface area contributed by atoms with Crippen LogP contribution in [0, 0.1) is 0 Å². The third-order valence-corrected chi connectivity index (χ3v) is 22.7. The molecule has 688 valence electrons. The first-order chi connectivity index (χ1) is 53.0. The fraction of sp³-hybridized carbons (Fsp3) is 1.00. The Morgan fingerprint density at radius 1 is 0.161 bits per heavy atom. The molecule has 0 N–H and O–H groups in total. The van der Waals surface area contributed by atoms with E-state index in [2.05, 4.69) is 250 Å². The molecule has 0 amide bonds. The van der Waals surface area contributed by atoms with Crippen molar-refractivity contribution >= 4 is 0 Å². The second kappa shape index (κ2) is 86.7. The zero-order valence-electron chi connectivity index (χ0n) is 84.8. The van der Waals surface area contributed by atoms with Crippen molar-refractivity contribution in [1.29, 1.82) is 0 Å². The fourth-order valence-corrected chi connectivity index (χ4v) is 13.9. The van der Waals surface area contributed by atoms with E-state index in [1.54, 1.807) is 0 Å². The summed E-state index contributed by atoms with van der Waals surface area (Å²) in [6, 6.07) is 0. The van der Waals surface area contributed by atoms with Crippen molar-refractivity contribution in [3.8, 4) is 0 Å². The van der Waals surface area contributed by atoms with Crippen molar-refractivity contribution in [3.05, 3.63) is 0 Å². The van der Waals surface area contributed by atoms with Crippen molar-refractivity contribution < 1.29 is 73.8 Å². The molecular weight excluding hydrogens is 1390 g/mol. The minimum absolute atomic E-state index is 0.367. The average Bonchev–Trinajstić information content (AvgIpc) is 0.924. The molecule has 0 saturated carbocycles. The number of hydrogen-bond donors (Lipinski definition) is 0. The SMILES string of the molecule is CC(C)OCC[N+](C)(C)C.CCCCOCC[N+](C)(C)C.CCCCOCC[N+](CC)(CC)CC.CCCCOCC[N+](CC)(CCC)CCC.CCCCOCC[N+](CC)(CCC)CCCC.CCCC[N+](CC)(CCC)CCOC(C)C.CCC[N+](CC)(CCC)CCOC(C)C.CC[N+](CC)(CC)CCOC(C)C. The van der Waals surface area contributed by atoms with Gasteiger partial charge in [0.1, 0.15) is 52.4 Å². The number of likely N-dealkylation sites (N-methyl/N-ethyl adjacent to an activating group) is 8. The molecule has 0 fully saturated rings. The summed E-state index contributed by atoms with van der Waals surface area (Å²) in [5.41, 5.74) is 0. The number of nitrogens with zero attached hydrogens (tertiary/aromatic N) is 8. The van der Waals surface area contributed by atoms with E-state index in [1.165, 1.54) is 293 Å². The van der Waals surface area contributed by atoms with E-state index in [-0.39, 0.29) is 0 Å². The summed E-state index contributed by atoms with van der Waals surface area (Å²) in [5.74, 6) is 0. The molecule has 2 atom stereocenters. The molecular formula is C96H224N8O8+8. The van der Waals surface area contributed by atoms with Crippen molar-refractivity contribution in [2.75, 3.05) is 292 Å². The molecule has 112 heavy (non-hydrogen) atoms. The minimum Gasteiger partial charge on any atom is -0.376 e. The normalized spacial score (nSPS) is 13.1. The molecule has 0 aliphatic rings. The number of unbranched alkanes of at least 4 members (excludes halogenated alkanes) is 6. The predicted molar refractivity (Wildman–Crippen MR) is 500 cm³/mol. The van der Waals surface area contributed by atoms with Gasteiger partial charge in [0.15, 0.2) is 0 Å². The van der Waals surface area contributed by atoms with E-state index in [1.807, 2.05) is 0 Å². The second-order valence-electron chi connectivity index (χ2n) is 35.6. The Balaban J connectivity index is -0.000000185. The van der Waals surface area contributed by atoms with Crippen LogP contribution in [-0.4, -0.2) is 352 Å². The standard InChI is InChI=1S/C15H34NO.2C14H32NO.C13H30NO.C12H28NO.C11H26NO.C9H22NO.C8H20NO/c1-5-9-12-16(8-4,11-7-3)13-15-17-14-10-6-2;1-6-9-11-15(8-3,10-7-2)12-13-16-14(4)5;1-5-9-13-16-14-12-15(8-4,10-6-2)11-7-3;1-6-9-14(8-3,10-7-2)11-12-15-13(4)5;1-5-9-11-14-12-10-13(6-2,7-3)8-4;1-6-12(7-2,8-3)9-10-13-11(4)5;1-5-6-8-11-9-7-10(2,3)4;1-8(2)10-7-6-9(3,4)5/h5-15H2,1-4H3;14H,6-13H2,1-5H3;5-14H2,1-4H3;13H,6-12H2,1-5H3;5-12H2,1-4H3;11H,6-10H2,1-5H3;5-9H2,1-4H3;8H,6-7H2,1-5H3/q8*+1. The Morgan fingerprint density at radius 2 is 0.321 bits per heavy atom. The predicted octanol–water partition coefficient (Wildman–Crippen LogP) is 21.4. The van der Waals surface area contributed by atoms with Gasteiger partial charge in [-0.15, -0.1) is 0 Å². The van der Waals surface area contributed by atoms with E-state index in [9.17, 15) is 0 Å². The van der Waals surface area contributed by atoms with Gasteiger partial charge in [0.2, 0.25) is 0 Å². The highest BCUT2D eigenvalue weighted by Gasteiger charge is 2.28. The van der Waals surface area contributed by atoms with Crippen molar-refractivity contribution in [3.63, 3.8) is 0 Å². The summed E-state index contributed by atoms with van der Waals surface area (Å²) in [4.78, 5) is 0. The minimum atomic E-state index is 0.367. The molecule has 0 saturated heterocycles. The number of rotatable bonds is 68. The van der Waals surface area contributed by atoms with E-state index >= 15 is 0 Å². The quantitative estimate of drug-likeness (QED) is 0.0441. The molecule has 16 nitrogen and oxygen atoms in total. The Kier molecular flexibility index (Phi) is 98.3. The molecule has 2 unspecified atom stereocenters. The molecule has 16 heteroatoms. The molecule has 0 spiro atoms. The van der Waals surface area contributed by atoms with Crippen LogP contribution in [0.15, 0.2) is 0 Å². The first kappa shape index (κ1) is 127. The summed E-state index contributed by atoms with van der Waals surface area (Å²) >= 11 is 0. The summed E-state index contributed by atoms with van der Waals surface area (Å²) < 4.78 is 54.2. The third kappa shape index (κ3) is 84.4. The third-order valence-electron chi connectivity index (χ3n) is 22.7. The lowest BCUT2D eigenvalue weighted by molar-refractivity contribution is -0.927. The lowest BCUT2D eigenvalue weighted by atomic mass is 10.2. The van der Waals surface area contributed by atoms with Crippen LogP contribution in [0.25, 0.3) is 0 Å². The van der Waals surface area contributed by atoms with E-state index in [4.69, 9.17) is 37.9 Å². The van der Waals surface area contributed by atoms with Crippen LogP contribution in [0.5, 0.6) is 0 Å². The van der Waals surface area contributed by atoms with Gasteiger partial charge >= 0.3 is 0 Å². The van der Waals surface area contributed by atoms with Gasteiger partial charge in [-0.1, -0.05) is 122 Å². The second-order valence-corrected chi connectivity index (χ2v) is 35.6.